The van der Waals surface area contributed by atoms with Gasteiger partial charge in [-0.2, -0.15) is 0 Å². The van der Waals surface area contributed by atoms with E-state index >= 15 is 0 Å². The van der Waals surface area contributed by atoms with Crippen LogP contribution in [0.4, 0.5) is 0 Å². The number of halogens is 1. The molecule has 23 heavy (non-hydrogen) atoms. The first kappa shape index (κ1) is 18.0. The van der Waals surface area contributed by atoms with Crippen molar-refractivity contribution in [2.24, 2.45) is 0 Å². The zero-order valence-electron chi connectivity index (χ0n) is 12.7. The molecule has 0 radical (unpaired) electrons. The van der Waals surface area contributed by atoms with Gasteiger partial charge in [0.1, 0.15) is 9.84 Å². The summed E-state index contributed by atoms with van der Waals surface area (Å²) in [5.41, 5.74) is 0.861. The lowest BCUT2D eigenvalue weighted by Crippen LogP contribution is -2.33. The van der Waals surface area contributed by atoms with Gasteiger partial charge < -0.3 is 5.32 Å². The molecular weight excluding hydrogens is 354 g/mol. The Morgan fingerprint density at radius 2 is 1.96 bits per heavy atom. The van der Waals surface area contributed by atoms with Crippen LogP contribution in [0.2, 0.25) is 5.02 Å². The maximum atomic E-state index is 12.5. The molecule has 0 bridgehead atoms. The molecule has 0 aliphatic heterocycles. The second-order valence-corrected chi connectivity index (χ2v) is 9.04. The number of rotatable bonds is 7. The minimum Gasteiger partial charge on any atom is -0.355 e. The number of thiophene rings is 1. The number of hydrogen-bond donors (Lipinski definition) is 1. The summed E-state index contributed by atoms with van der Waals surface area (Å²) in [6.45, 7) is 0.117. The highest BCUT2D eigenvalue weighted by molar-refractivity contribution is 7.90. The Hall–Kier alpha value is -1.37. The Balaban J connectivity index is 2.12. The van der Waals surface area contributed by atoms with Gasteiger partial charge in [-0.25, -0.2) is 8.42 Å². The smallest absolute Gasteiger partial charge is 0.227 e. The highest BCUT2D eigenvalue weighted by atomic mass is 35.5. The number of sulfone groups is 1. The summed E-state index contributed by atoms with van der Waals surface area (Å²) in [5, 5.41) is 5.30. The second-order valence-electron chi connectivity index (χ2n) is 5.31. The van der Waals surface area contributed by atoms with E-state index in [2.05, 4.69) is 5.32 Å². The quantitative estimate of drug-likeness (QED) is 0.813. The van der Waals surface area contributed by atoms with Gasteiger partial charge in [0, 0.05) is 22.7 Å². The number of carbonyl (C=O) groups is 1. The number of nitrogens with one attached hydrogen (secondary N) is 1. The number of hydrogen-bond acceptors (Lipinski definition) is 4. The van der Waals surface area contributed by atoms with Gasteiger partial charge in [-0.1, -0.05) is 29.8 Å². The lowest BCUT2D eigenvalue weighted by molar-refractivity contribution is -0.122. The largest absolute Gasteiger partial charge is 0.355 e. The van der Waals surface area contributed by atoms with E-state index in [1.165, 1.54) is 0 Å². The third-order valence-electron chi connectivity index (χ3n) is 3.35. The van der Waals surface area contributed by atoms with Crippen LogP contribution in [0.5, 0.6) is 0 Å². The molecule has 0 spiro atoms. The van der Waals surface area contributed by atoms with Crippen molar-refractivity contribution in [1.29, 1.82) is 0 Å². The molecule has 0 saturated carbocycles. The van der Waals surface area contributed by atoms with Crippen LogP contribution in [0.1, 0.15) is 16.4 Å². The topological polar surface area (TPSA) is 63.2 Å². The standard InChI is InChI=1S/C16H18ClNO3S2/c1-23(20,21)10-8-18-16(19)15(11-14-3-2-9-22-14)12-4-6-13(17)7-5-12/h2-7,9,15H,8,10-11H2,1H3,(H,18,19). The molecular formula is C16H18ClNO3S2. The Kier molecular flexibility index (Phi) is 6.21. The van der Waals surface area contributed by atoms with Crippen molar-refractivity contribution in [3.8, 4) is 0 Å². The Bertz CT molecular complexity index is 740. The molecule has 124 valence electrons. The first-order valence-electron chi connectivity index (χ1n) is 7.08. The van der Waals surface area contributed by atoms with Crippen LogP contribution < -0.4 is 5.32 Å². The van der Waals surface area contributed by atoms with Crippen LogP contribution in [0.15, 0.2) is 41.8 Å². The fourth-order valence-electron chi connectivity index (χ4n) is 2.17. The van der Waals surface area contributed by atoms with Crippen LogP contribution in [-0.4, -0.2) is 32.9 Å². The molecule has 0 aliphatic carbocycles. The summed E-state index contributed by atoms with van der Waals surface area (Å²) in [7, 11) is -3.10. The maximum absolute atomic E-state index is 12.5. The van der Waals surface area contributed by atoms with Crippen LogP contribution in [-0.2, 0) is 21.1 Å². The Morgan fingerprint density at radius 1 is 1.26 bits per heavy atom. The van der Waals surface area contributed by atoms with Gasteiger partial charge in [0.05, 0.1) is 11.7 Å². The molecule has 0 fully saturated rings. The van der Waals surface area contributed by atoms with Crippen molar-refractivity contribution in [2.75, 3.05) is 18.6 Å². The minimum absolute atomic E-state index is 0.0644. The van der Waals surface area contributed by atoms with E-state index in [0.29, 0.717) is 11.4 Å². The van der Waals surface area contributed by atoms with E-state index in [1.54, 1.807) is 23.5 Å². The van der Waals surface area contributed by atoms with E-state index < -0.39 is 9.84 Å². The zero-order valence-corrected chi connectivity index (χ0v) is 15.0. The van der Waals surface area contributed by atoms with Gasteiger partial charge >= 0.3 is 0 Å². The molecule has 1 aromatic carbocycles. The SMILES string of the molecule is CS(=O)(=O)CCNC(=O)C(Cc1cccs1)c1ccc(Cl)cc1. The third kappa shape index (κ3) is 5.97. The van der Waals surface area contributed by atoms with E-state index in [1.807, 2.05) is 29.6 Å². The molecule has 4 nitrogen and oxygen atoms in total. The van der Waals surface area contributed by atoms with Crippen molar-refractivity contribution in [3.63, 3.8) is 0 Å². The van der Waals surface area contributed by atoms with Gasteiger partial charge in [-0.05, 0) is 35.6 Å². The predicted octanol–water partition coefficient (Wildman–Crippen LogP) is 2.89. The van der Waals surface area contributed by atoms with Gasteiger partial charge in [0.2, 0.25) is 5.91 Å². The van der Waals surface area contributed by atoms with Crippen LogP contribution in [0, 0.1) is 0 Å². The van der Waals surface area contributed by atoms with Gasteiger partial charge in [-0.15, -0.1) is 11.3 Å². The maximum Gasteiger partial charge on any atom is 0.227 e. The minimum atomic E-state index is -3.10. The zero-order chi connectivity index (χ0) is 16.9. The Labute approximate surface area is 145 Å². The van der Waals surface area contributed by atoms with Gasteiger partial charge in [0.25, 0.3) is 0 Å². The fraction of sp³-hybridized carbons (Fsp3) is 0.312. The molecule has 2 aromatic rings. The highest BCUT2D eigenvalue weighted by Gasteiger charge is 2.21. The monoisotopic (exact) mass is 371 g/mol. The molecule has 1 aromatic heterocycles. The summed E-state index contributed by atoms with van der Waals surface area (Å²) in [5.74, 6) is -0.611. The summed E-state index contributed by atoms with van der Waals surface area (Å²) in [4.78, 5) is 13.6. The number of benzene rings is 1. The van der Waals surface area contributed by atoms with E-state index in [4.69, 9.17) is 11.6 Å². The van der Waals surface area contributed by atoms with Gasteiger partial charge in [-0.3, -0.25) is 4.79 Å². The van der Waals surface area contributed by atoms with E-state index in [0.717, 1.165) is 16.7 Å². The normalized spacial score (nSPS) is 12.8. The predicted molar refractivity (Wildman–Crippen MR) is 94.9 cm³/mol. The third-order valence-corrected chi connectivity index (χ3v) is 5.44. The molecule has 0 aliphatic rings. The van der Waals surface area contributed by atoms with Gasteiger partial charge in [0.15, 0.2) is 0 Å². The average Bonchev–Trinajstić information content (AvgIpc) is 2.97. The number of amides is 1. The lowest BCUT2D eigenvalue weighted by atomic mass is 9.94. The Morgan fingerprint density at radius 3 is 2.52 bits per heavy atom. The lowest BCUT2D eigenvalue weighted by Gasteiger charge is -2.17. The van der Waals surface area contributed by atoms with E-state index in [9.17, 15) is 13.2 Å². The molecule has 1 heterocycles. The van der Waals surface area contributed by atoms with Crippen molar-refractivity contribution in [1.82, 2.24) is 5.32 Å². The summed E-state index contributed by atoms with van der Waals surface area (Å²) >= 11 is 7.50. The summed E-state index contributed by atoms with van der Waals surface area (Å²) in [6.07, 6.45) is 1.73. The average molecular weight is 372 g/mol. The summed E-state index contributed by atoms with van der Waals surface area (Å²) < 4.78 is 22.4. The molecule has 7 heteroatoms. The van der Waals surface area contributed by atoms with Crippen LogP contribution in [0.3, 0.4) is 0 Å². The first-order chi connectivity index (χ1) is 10.8. The van der Waals surface area contributed by atoms with Crippen molar-refractivity contribution < 1.29 is 13.2 Å². The number of carbonyl (C=O) groups excluding carboxylic acids is 1. The molecule has 1 amide bonds. The molecule has 1 atom stereocenters. The molecule has 0 saturated heterocycles. The summed E-state index contributed by atoms with van der Waals surface area (Å²) in [6, 6.07) is 11.1. The highest BCUT2D eigenvalue weighted by Crippen LogP contribution is 2.25. The van der Waals surface area contributed by atoms with Crippen molar-refractivity contribution in [3.05, 3.63) is 57.2 Å². The molecule has 1 N–H and O–H groups in total. The molecule has 1 unspecified atom stereocenters. The van der Waals surface area contributed by atoms with Crippen molar-refractivity contribution >= 4 is 38.7 Å². The van der Waals surface area contributed by atoms with Crippen LogP contribution in [0.25, 0.3) is 0 Å². The fourth-order valence-corrected chi connectivity index (χ4v) is 3.52. The van der Waals surface area contributed by atoms with E-state index in [-0.39, 0.29) is 24.1 Å². The first-order valence-corrected chi connectivity index (χ1v) is 10.4. The van der Waals surface area contributed by atoms with Crippen LogP contribution >= 0.6 is 22.9 Å². The molecule has 2 rings (SSSR count). The second kappa shape index (κ2) is 7.95. The van der Waals surface area contributed by atoms with Crippen molar-refractivity contribution in [2.45, 2.75) is 12.3 Å².